The number of ether oxygens (including phenoxy) is 1. The number of hydrogen-bond donors (Lipinski definition) is 1. The summed E-state index contributed by atoms with van der Waals surface area (Å²) in [7, 11) is 0. The van der Waals surface area contributed by atoms with Gasteiger partial charge in [-0.25, -0.2) is 0 Å². The summed E-state index contributed by atoms with van der Waals surface area (Å²) in [4.78, 5) is 0. The average Bonchev–Trinajstić information content (AvgIpc) is 3.25. The molecule has 1 fully saturated rings. The molecule has 2 nitrogen and oxygen atoms in total. The van der Waals surface area contributed by atoms with E-state index in [9.17, 15) is 0 Å². The second-order valence-electron chi connectivity index (χ2n) is 5.03. The monoisotopic (exact) mass is 395 g/mol. The second-order valence-corrected chi connectivity index (χ2v) is 6.80. The Balaban J connectivity index is 1.88. The number of hydrogen-bond acceptors (Lipinski definition) is 2. The summed E-state index contributed by atoms with van der Waals surface area (Å²) in [6, 6.07) is 13.9. The van der Waals surface area contributed by atoms with Gasteiger partial charge in [-0.05, 0) is 54.3 Å². The van der Waals surface area contributed by atoms with Gasteiger partial charge in [0.1, 0.15) is 5.75 Å². The fraction of sp³-hybridized carbons (Fsp3) is 0.250. The van der Waals surface area contributed by atoms with Gasteiger partial charge in [0.2, 0.25) is 0 Å². The first-order valence-electron chi connectivity index (χ1n) is 6.60. The molecule has 0 saturated heterocycles. The Morgan fingerprint density at radius 3 is 2.65 bits per heavy atom. The van der Waals surface area contributed by atoms with Crippen molar-refractivity contribution in [2.24, 2.45) is 5.73 Å². The van der Waals surface area contributed by atoms with E-state index in [-0.39, 0.29) is 6.04 Å². The van der Waals surface area contributed by atoms with E-state index in [4.69, 9.17) is 10.5 Å². The zero-order valence-electron chi connectivity index (χ0n) is 10.9. The van der Waals surface area contributed by atoms with Crippen LogP contribution in [0.4, 0.5) is 0 Å². The molecule has 0 heterocycles. The minimum atomic E-state index is -0.176. The van der Waals surface area contributed by atoms with Crippen LogP contribution in [0.1, 0.15) is 30.0 Å². The van der Waals surface area contributed by atoms with Crippen LogP contribution in [0.3, 0.4) is 0 Å². The van der Waals surface area contributed by atoms with Crippen molar-refractivity contribution >= 4 is 31.9 Å². The van der Waals surface area contributed by atoms with Crippen LogP contribution in [-0.2, 0) is 0 Å². The molecular formula is C16H15Br2NO. The van der Waals surface area contributed by atoms with Gasteiger partial charge in [-0.1, -0.05) is 44.0 Å². The van der Waals surface area contributed by atoms with Crippen LogP contribution in [0.25, 0.3) is 0 Å². The standard InChI is InChI=1S/C16H15Br2NO/c17-11-4-7-15(18)14(9-11)16(19)10-2-1-3-13(8-10)20-12-5-6-12/h1-4,7-9,12,16H,5-6,19H2. The molecule has 1 aliphatic carbocycles. The molecule has 0 bridgehead atoms. The van der Waals surface area contributed by atoms with Crippen LogP contribution in [0.15, 0.2) is 51.4 Å². The Morgan fingerprint density at radius 2 is 1.90 bits per heavy atom. The summed E-state index contributed by atoms with van der Waals surface area (Å²) in [6.07, 6.45) is 2.72. The fourth-order valence-electron chi connectivity index (χ4n) is 2.09. The van der Waals surface area contributed by atoms with E-state index in [1.165, 1.54) is 0 Å². The molecule has 2 aromatic carbocycles. The SMILES string of the molecule is NC(c1cccc(OC2CC2)c1)c1cc(Br)ccc1Br. The lowest BCUT2D eigenvalue weighted by Crippen LogP contribution is -2.12. The fourth-order valence-corrected chi connectivity index (χ4v) is 2.96. The van der Waals surface area contributed by atoms with Gasteiger partial charge in [-0.15, -0.1) is 0 Å². The Labute approximate surface area is 135 Å². The van der Waals surface area contributed by atoms with Gasteiger partial charge in [-0.3, -0.25) is 0 Å². The highest BCUT2D eigenvalue weighted by Crippen LogP contribution is 2.32. The quantitative estimate of drug-likeness (QED) is 0.805. The molecule has 0 amide bonds. The van der Waals surface area contributed by atoms with E-state index in [0.717, 1.165) is 38.7 Å². The summed E-state index contributed by atoms with van der Waals surface area (Å²) in [6.45, 7) is 0. The van der Waals surface area contributed by atoms with Crippen LogP contribution in [0, 0.1) is 0 Å². The molecule has 3 rings (SSSR count). The lowest BCUT2D eigenvalue weighted by atomic mass is 9.99. The van der Waals surface area contributed by atoms with Crippen molar-refractivity contribution in [2.75, 3.05) is 0 Å². The van der Waals surface area contributed by atoms with E-state index < -0.39 is 0 Å². The first-order valence-corrected chi connectivity index (χ1v) is 8.19. The van der Waals surface area contributed by atoms with Crippen molar-refractivity contribution in [2.45, 2.75) is 25.0 Å². The molecule has 0 aliphatic heterocycles. The van der Waals surface area contributed by atoms with Crippen molar-refractivity contribution in [3.63, 3.8) is 0 Å². The molecule has 2 aromatic rings. The third kappa shape index (κ3) is 3.25. The highest BCUT2D eigenvalue weighted by Gasteiger charge is 2.23. The van der Waals surface area contributed by atoms with E-state index in [1.807, 2.05) is 42.5 Å². The molecule has 1 saturated carbocycles. The van der Waals surface area contributed by atoms with Crippen molar-refractivity contribution < 1.29 is 4.74 Å². The zero-order chi connectivity index (χ0) is 14.1. The smallest absolute Gasteiger partial charge is 0.120 e. The molecule has 2 N–H and O–H groups in total. The topological polar surface area (TPSA) is 35.2 Å². The van der Waals surface area contributed by atoms with Crippen LogP contribution >= 0.6 is 31.9 Å². The third-order valence-electron chi connectivity index (χ3n) is 3.34. The molecule has 104 valence electrons. The second kappa shape index (κ2) is 5.88. The summed E-state index contributed by atoms with van der Waals surface area (Å²) in [5.41, 5.74) is 8.51. The van der Waals surface area contributed by atoms with Crippen molar-refractivity contribution in [3.05, 3.63) is 62.5 Å². The highest BCUT2D eigenvalue weighted by atomic mass is 79.9. The van der Waals surface area contributed by atoms with E-state index in [1.54, 1.807) is 0 Å². The van der Waals surface area contributed by atoms with Gasteiger partial charge in [0.15, 0.2) is 0 Å². The van der Waals surface area contributed by atoms with Crippen molar-refractivity contribution in [1.82, 2.24) is 0 Å². The predicted octanol–water partition coefficient (Wildman–Crippen LogP) is 4.80. The minimum absolute atomic E-state index is 0.176. The molecule has 1 unspecified atom stereocenters. The summed E-state index contributed by atoms with van der Waals surface area (Å²) >= 11 is 7.06. The maximum absolute atomic E-state index is 6.39. The molecule has 1 aliphatic rings. The normalized spacial score (nSPS) is 15.9. The van der Waals surface area contributed by atoms with Crippen molar-refractivity contribution in [1.29, 1.82) is 0 Å². The molecule has 0 aromatic heterocycles. The number of halogens is 2. The van der Waals surface area contributed by atoms with Gasteiger partial charge in [0, 0.05) is 8.95 Å². The lowest BCUT2D eigenvalue weighted by Gasteiger charge is -2.16. The maximum Gasteiger partial charge on any atom is 0.120 e. The average molecular weight is 397 g/mol. The van der Waals surface area contributed by atoms with Crippen LogP contribution in [-0.4, -0.2) is 6.10 Å². The Kier molecular flexibility index (Phi) is 4.15. The van der Waals surface area contributed by atoms with Crippen molar-refractivity contribution in [3.8, 4) is 5.75 Å². The molecule has 0 spiro atoms. The summed E-state index contributed by atoms with van der Waals surface area (Å²) < 4.78 is 7.87. The van der Waals surface area contributed by atoms with Crippen LogP contribution in [0.5, 0.6) is 5.75 Å². The molecule has 20 heavy (non-hydrogen) atoms. The van der Waals surface area contributed by atoms with E-state index in [0.29, 0.717) is 6.10 Å². The summed E-state index contributed by atoms with van der Waals surface area (Å²) in [5, 5.41) is 0. The number of rotatable bonds is 4. The van der Waals surface area contributed by atoms with E-state index in [2.05, 4.69) is 31.9 Å². The molecule has 0 radical (unpaired) electrons. The maximum atomic E-state index is 6.39. The predicted molar refractivity (Wildman–Crippen MR) is 88.0 cm³/mol. The summed E-state index contributed by atoms with van der Waals surface area (Å²) in [5.74, 6) is 0.909. The largest absolute Gasteiger partial charge is 0.490 e. The molecule has 1 atom stereocenters. The van der Waals surface area contributed by atoms with Gasteiger partial charge in [0.25, 0.3) is 0 Å². The van der Waals surface area contributed by atoms with E-state index >= 15 is 0 Å². The zero-order valence-corrected chi connectivity index (χ0v) is 14.0. The van der Waals surface area contributed by atoms with Gasteiger partial charge in [-0.2, -0.15) is 0 Å². The van der Waals surface area contributed by atoms with Gasteiger partial charge in [0.05, 0.1) is 12.1 Å². The number of benzene rings is 2. The lowest BCUT2D eigenvalue weighted by molar-refractivity contribution is 0.303. The third-order valence-corrected chi connectivity index (χ3v) is 4.55. The van der Waals surface area contributed by atoms with Gasteiger partial charge < -0.3 is 10.5 Å². The highest BCUT2D eigenvalue weighted by molar-refractivity contribution is 9.11. The van der Waals surface area contributed by atoms with Gasteiger partial charge >= 0.3 is 0 Å². The minimum Gasteiger partial charge on any atom is -0.490 e. The molecular weight excluding hydrogens is 382 g/mol. The Bertz CT molecular complexity index is 626. The number of nitrogens with two attached hydrogens (primary N) is 1. The van der Waals surface area contributed by atoms with Crippen LogP contribution in [0.2, 0.25) is 0 Å². The Hall–Kier alpha value is -0.840. The Morgan fingerprint density at radius 1 is 1.10 bits per heavy atom. The molecule has 4 heteroatoms. The first kappa shape index (κ1) is 14.1. The van der Waals surface area contributed by atoms with Crippen LogP contribution < -0.4 is 10.5 Å². The first-order chi connectivity index (χ1) is 9.63.